The molecule has 0 saturated heterocycles. The van der Waals surface area contributed by atoms with Gasteiger partial charge in [0.1, 0.15) is 0 Å². The number of halogens is 1. The summed E-state index contributed by atoms with van der Waals surface area (Å²) in [6, 6.07) is 11.0. The molecule has 0 spiro atoms. The molecule has 0 aliphatic heterocycles. The quantitative estimate of drug-likeness (QED) is 0.591. The fourth-order valence-electron chi connectivity index (χ4n) is 2.29. The summed E-state index contributed by atoms with van der Waals surface area (Å²) in [6.07, 6.45) is 0. The van der Waals surface area contributed by atoms with E-state index >= 15 is 0 Å². The molecule has 0 heterocycles. The smallest absolute Gasteiger partial charge is 0.258 e. The van der Waals surface area contributed by atoms with Crippen LogP contribution in [0.2, 0.25) is 5.02 Å². The van der Waals surface area contributed by atoms with E-state index in [-0.39, 0.29) is 21.2 Å². The number of nitro groups is 1. The summed E-state index contributed by atoms with van der Waals surface area (Å²) in [5.41, 5.74) is 0.734. The molecule has 0 amide bonds. The van der Waals surface area contributed by atoms with Crippen LogP contribution in [0, 0.1) is 17.0 Å². The van der Waals surface area contributed by atoms with Crippen LogP contribution in [0.5, 0.6) is 0 Å². The maximum Gasteiger partial charge on any atom is 0.275 e. The first-order valence-corrected chi connectivity index (χ1v) is 8.95. The van der Waals surface area contributed by atoms with Crippen LogP contribution in [0.25, 0.3) is 0 Å². The number of hydrogen-bond donors (Lipinski definition) is 0. The van der Waals surface area contributed by atoms with E-state index in [1.54, 1.807) is 6.92 Å². The van der Waals surface area contributed by atoms with Crippen LogP contribution >= 0.6 is 11.6 Å². The summed E-state index contributed by atoms with van der Waals surface area (Å²) >= 11 is 5.98. The third kappa shape index (κ3) is 3.43. The van der Waals surface area contributed by atoms with Gasteiger partial charge in [0, 0.05) is 24.7 Å². The van der Waals surface area contributed by atoms with E-state index in [0.29, 0.717) is 0 Å². The molecule has 0 N–H and O–H groups in total. The van der Waals surface area contributed by atoms with Gasteiger partial charge >= 0.3 is 0 Å². The Morgan fingerprint density at radius 2 is 1.79 bits per heavy atom. The number of rotatable bonds is 5. The third-order valence-electron chi connectivity index (χ3n) is 3.99. The Morgan fingerprint density at radius 1 is 1.21 bits per heavy atom. The number of benzene rings is 2. The van der Waals surface area contributed by atoms with Gasteiger partial charge in [-0.1, -0.05) is 41.9 Å². The summed E-state index contributed by atoms with van der Waals surface area (Å²) < 4.78 is 26.8. The second-order valence-electron chi connectivity index (χ2n) is 5.41. The Kier molecular flexibility index (Phi) is 5.27. The monoisotopic (exact) mass is 368 g/mol. The van der Waals surface area contributed by atoms with Crippen LogP contribution in [0.15, 0.2) is 47.4 Å². The van der Waals surface area contributed by atoms with Crippen LogP contribution < -0.4 is 0 Å². The maximum absolute atomic E-state index is 12.8. The van der Waals surface area contributed by atoms with Crippen molar-refractivity contribution in [2.75, 3.05) is 7.05 Å². The van der Waals surface area contributed by atoms with Gasteiger partial charge in [-0.15, -0.1) is 0 Å². The zero-order valence-electron chi connectivity index (χ0n) is 13.4. The number of nitro benzene ring substituents is 1. The van der Waals surface area contributed by atoms with Crippen LogP contribution in [0.3, 0.4) is 0 Å². The standard InChI is InChI=1S/C16H17ClN2O4S/c1-11-15(17)9-14(10-16(11)19(20)21)24(22,23)18(3)12(2)13-7-5-4-6-8-13/h4-10,12H,1-3H3/t12-/m0/s1. The predicted octanol–water partition coefficient (Wildman–Crippen LogP) is 3.94. The summed E-state index contributed by atoms with van der Waals surface area (Å²) in [4.78, 5) is 10.3. The Labute approximate surface area is 145 Å². The minimum absolute atomic E-state index is 0.0449. The summed E-state index contributed by atoms with van der Waals surface area (Å²) in [5, 5.41) is 11.2. The largest absolute Gasteiger partial charge is 0.275 e. The van der Waals surface area contributed by atoms with Crippen molar-refractivity contribution in [3.8, 4) is 0 Å². The molecule has 2 rings (SSSR count). The molecule has 0 aliphatic carbocycles. The molecule has 8 heteroatoms. The van der Waals surface area contributed by atoms with E-state index in [1.165, 1.54) is 24.3 Å². The van der Waals surface area contributed by atoms with Crippen molar-refractivity contribution in [3.63, 3.8) is 0 Å². The highest BCUT2D eigenvalue weighted by atomic mass is 35.5. The first-order valence-electron chi connectivity index (χ1n) is 7.13. The maximum atomic E-state index is 12.8. The van der Waals surface area contributed by atoms with Gasteiger partial charge < -0.3 is 0 Å². The van der Waals surface area contributed by atoms with Crippen molar-refractivity contribution in [1.82, 2.24) is 4.31 Å². The van der Waals surface area contributed by atoms with Crippen LogP contribution in [-0.4, -0.2) is 24.7 Å². The van der Waals surface area contributed by atoms with Gasteiger partial charge in [0.15, 0.2) is 0 Å². The van der Waals surface area contributed by atoms with Crippen molar-refractivity contribution >= 4 is 27.3 Å². The van der Waals surface area contributed by atoms with E-state index < -0.39 is 21.0 Å². The molecular formula is C16H17ClN2O4S. The van der Waals surface area contributed by atoms with E-state index in [4.69, 9.17) is 11.6 Å². The lowest BCUT2D eigenvalue weighted by Crippen LogP contribution is -2.30. The first kappa shape index (κ1) is 18.4. The topological polar surface area (TPSA) is 80.5 Å². The van der Waals surface area contributed by atoms with Crippen molar-refractivity contribution < 1.29 is 13.3 Å². The average Bonchev–Trinajstić information content (AvgIpc) is 2.56. The van der Waals surface area contributed by atoms with E-state index in [9.17, 15) is 18.5 Å². The Hall–Kier alpha value is -1.96. The Balaban J connectivity index is 2.49. The van der Waals surface area contributed by atoms with E-state index in [1.807, 2.05) is 30.3 Å². The number of nitrogens with zero attached hydrogens (tertiary/aromatic N) is 2. The summed E-state index contributed by atoms with van der Waals surface area (Å²) in [7, 11) is -2.50. The molecule has 0 unspecified atom stereocenters. The average molecular weight is 369 g/mol. The van der Waals surface area contributed by atoms with Crippen molar-refractivity contribution in [3.05, 3.63) is 68.7 Å². The molecule has 0 radical (unpaired) electrons. The molecule has 0 bridgehead atoms. The fourth-order valence-corrected chi connectivity index (χ4v) is 3.97. The second kappa shape index (κ2) is 6.88. The SMILES string of the molecule is Cc1c(Cl)cc(S(=O)(=O)N(C)[C@@H](C)c2ccccc2)cc1[N+](=O)[O-]. The number of hydrogen-bond acceptors (Lipinski definition) is 4. The summed E-state index contributed by atoms with van der Waals surface area (Å²) in [6.45, 7) is 3.23. The lowest BCUT2D eigenvalue weighted by Gasteiger charge is -2.24. The Morgan fingerprint density at radius 3 is 2.33 bits per heavy atom. The second-order valence-corrected chi connectivity index (χ2v) is 7.82. The zero-order valence-corrected chi connectivity index (χ0v) is 15.0. The highest BCUT2D eigenvalue weighted by Crippen LogP contribution is 2.32. The molecule has 1 atom stereocenters. The highest BCUT2D eigenvalue weighted by Gasteiger charge is 2.29. The predicted molar refractivity (Wildman–Crippen MR) is 92.6 cm³/mol. The molecular weight excluding hydrogens is 352 g/mol. The first-order chi connectivity index (χ1) is 11.2. The highest BCUT2D eigenvalue weighted by molar-refractivity contribution is 7.89. The van der Waals surface area contributed by atoms with Crippen LogP contribution in [0.4, 0.5) is 5.69 Å². The number of sulfonamides is 1. The molecule has 0 saturated carbocycles. The van der Waals surface area contributed by atoms with Crippen LogP contribution in [-0.2, 0) is 10.0 Å². The zero-order chi connectivity index (χ0) is 18.1. The molecule has 6 nitrogen and oxygen atoms in total. The molecule has 128 valence electrons. The van der Waals surface area contributed by atoms with Crippen molar-refractivity contribution in [2.45, 2.75) is 24.8 Å². The molecule has 2 aromatic carbocycles. The fraction of sp³-hybridized carbons (Fsp3) is 0.250. The Bertz CT molecular complexity index is 869. The molecule has 0 aromatic heterocycles. The van der Waals surface area contributed by atoms with E-state index in [0.717, 1.165) is 11.6 Å². The molecule has 0 fully saturated rings. The van der Waals surface area contributed by atoms with Gasteiger partial charge in [-0.05, 0) is 25.5 Å². The lowest BCUT2D eigenvalue weighted by molar-refractivity contribution is -0.385. The van der Waals surface area contributed by atoms with Gasteiger partial charge in [-0.2, -0.15) is 4.31 Å². The minimum Gasteiger partial charge on any atom is -0.258 e. The van der Waals surface area contributed by atoms with Crippen molar-refractivity contribution in [1.29, 1.82) is 0 Å². The van der Waals surface area contributed by atoms with Gasteiger partial charge in [-0.25, -0.2) is 8.42 Å². The molecule has 2 aromatic rings. The molecule has 24 heavy (non-hydrogen) atoms. The normalized spacial score (nSPS) is 13.0. The minimum atomic E-state index is -3.94. The third-order valence-corrected chi connectivity index (χ3v) is 6.29. The molecule has 0 aliphatic rings. The van der Waals surface area contributed by atoms with Gasteiger partial charge in [0.2, 0.25) is 10.0 Å². The van der Waals surface area contributed by atoms with Crippen molar-refractivity contribution in [2.24, 2.45) is 0 Å². The van der Waals surface area contributed by atoms with E-state index in [2.05, 4.69) is 0 Å². The lowest BCUT2D eigenvalue weighted by atomic mass is 10.1. The van der Waals surface area contributed by atoms with Gasteiger partial charge in [0.25, 0.3) is 5.69 Å². The van der Waals surface area contributed by atoms with Crippen LogP contribution in [0.1, 0.15) is 24.1 Å². The summed E-state index contributed by atoms with van der Waals surface area (Å²) in [5.74, 6) is 0. The van der Waals surface area contributed by atoms with Gasteiger partial charge in [0.05, 0.1) is 14.8 Å². The van der Waals surface area contributed by atoms with Gasteiger partial charge in [-0.3, -0.25) is 10.1 Å².